The van der Waals surface area contributed by atoms with Gasteiger partial charge in [-0.2, -0.15) is 0 Å². The van der Waals surface area contributed by atoms with Crippen LogP contribution in [0.1, 0.15) is 46.5 Å². The highest BCUT2D eigenvalue weighted by Crippen LogP contribution is 2.22. The van der Waals surface area contributed by atoms with Crippen molar-refractivity contribution in [2.45, 2.75) is 46.5 Å². The van der Waals surface area contributed by atoms with E-state index in [9.17, 15) is 0 Å². The molecule has 0 aromatic carbocycles. The van der Waals surface area contributed by atoms with E-state index < -0.39 is 0 Å². The number of hydrogen-bond donors (Lipinski definition) is 1. The van der Waals surface area contributed by atoms with Crippen LogP contribution >= 0.6 is 0 Å². The molecule has 0 amide bonds. The molecule has 0 radical (unpaired) electrons. The lowest BCUT2D eigenvalue weighted by Gasteiger charge is -2.16. The Kier molecular flexibility index (Phi) is 3.98. The minimum Gasteiger partial charge on any atom is -0.316 e. The Morgan fingerprint density at radius 3 is 2.69 bits per heavy atom. The van der Waals surface area contributed by atoms with Crippen LogP contribution in [0.5, 0.6) is 0 Å². The van der Waals surface area contributed by atoms with E-state index in [-0.39, 0.29) is 0 Å². The topological polar surface area (TPSA) is 12.0 Å². The molecule has 1 fully saturated rings. The van der Waals surface area contributed by atoms with E-state index in [0.29, 0.717) is 5.41 Å². The zero-order valence-electron chi connectivity index (χ0n) is 9.32. The molecule has 13 heavy (non-hydrogen) atoms. The summed E-state index contributed by atoms with van der Waals surface area (Å²) in [6.07, 6.45) is 7.57. The molecule has 0 unspecified atom stereocenters. The van der Waals surface area contributed by atoms with Crippen LogP contribution in [0.4, 0.5) is 0 Å². The Morgan fingerprint density at radius 1 is 1.23 bits per heavy atom. The van der Waals surface area contributed by atoms with Gasteiger partial charge >= 0.3 is 0 Å². The van der Waals surface area contributed by atoms with Crippen molar-refractivity contribution in [3.8, 4) is 0 Å². The summed E-state index contributed by atoms with van der Waals surface area (Å²) in [5, 5.41) is 3.43. The summed E-state index contributed by atoms with van der Waals surface area (Å²) in [7, 11) is 0. The first-order chi connectivity index (χ1) is 6.08. The van der Waals surface area contributed by atoms with Crippen LogP contribution < -0.4 is 5.32 Å². The van der Waals surface area contributed by atoms with E-state index in [1.807, 2.05) is 0 Å². The summed E-state index contributed by atoms with van der Waals surface area (Å²) < 4.78 is 0. The van der Waals surface area contributed by atoms with Crippen LogP contribution in [0.25, 0.3) is 0 Å². The van der Waals surface area contributed by atoms with Gasteiger partial charge in [-0.15, -0.1) is 0 Å². The number of allylic oxidation sites excluding steroid dienone is 1. The molecule has 1 aliphatic rings. The lowest BCUT2D eigenvalue weighted by atomic mass is 9.90. The fourth-order valence-electron chi connectivity index (χ4n) is 1.59. The van der Waals surface area contributed by atoms with Gasteiger partial charge in [0, 0.05) is 0 Å². The third-order valence-corrected chi connectivity index (χ3v) is 2.48. The minimum atomic E-state index is 0.451. The Hall–Kier alpha value is -0.300. The molecule has 1 rings (SSSR count). The smallest absolute Gasteiger partial charge is 0.00116 e. The van der Waals surface area contributed by atoms with Crippen molar-refractivity contribution in [3.05, 3.63) is 11.6 Å². The van der Waals surface area contributed by atoms with Crippen molar-refractivity contribution >= 4 is 0 Å². The molecule has 1 nitrogen and oxygen atoms in total. The summed E-state index contributed by atoms with van der Waals surface area (Å²) in [5.74, 6) is 0. The quantitative estimate of drug-likeness (QED) is 0.613. The Balaban J connectivity index is 2.39. The van der Waals surface area contributed by atoms with Crippen LogP contribution in [-0.2, 0) is 0 Å². The Labute approximate surface area is 82.6 Å². The summed E-state index contributed by atoms with van der Waals surface area (Å²) >= 11 is 0. The second-order valence-corrected chi connectivity index (χ2v) is 5.23. The van der Waals surface area contributed by atoms with E-state index in [4.69, 9.17) is 0 Å². The van der Waals surface area contributed by atoms with E-state index in [0.717, 1.165) is 0 Å². The maximum Gasteiger partial charge on any atom is -0.00116 e. The summed E-state index contributed by atoms with van der Waals surface area (Å²) in [6, 6.07) is 0. The predicted octanol–water partition coefficient (Wildman–Crippen LogP) is 3.12. The fourth-order valence-corrected chi connectivity index (χ4v) is 1.59. The van der Waals surface area contributed by atoms with Gasteiger partial charge in [0.1, 0.15) is 0 Å². The molecule has 1 heterocycles. The molecule has 1 aliphatic heterocycles. The average Bonchev–Trinajstić information content (AvgIpc) is 2.26. The molecule has 76 valence electrons. The van der Waals surface area contributed by atoms with Crippen LogP contribution in [0, 0.1) is 5.41 Å². The first-order valence-electron chi connectivity index (χ1n) is 5.46. The molecule has 0 aromatic heterocycles. The molecule has 0 spiro atoms. The zero-order valence-corrected chi connectivity index (χ0v) is 9.32. The van der Waals surface area contributed by atoms with Gasteiger partial charge in [0.15, 0.2) is 0 Å². The monoisotopic (exact) mass is 181 g/mol. The standard InChI is InChI=1S/C12H23N/c1-12(2,3)8-6-11-5-4-9-13-10-7-11/h6,13H,4-5,7-10H2,1-3H3/b11-6-. The molecule has 0 saturated carbocycles. The van der Waals surface area contributed by atoms with Crippen LogP contribution in [0.15, 0.2) is 11.6 Å². The highest BCUT2D eigenvalue weighted by molar-refractivity contribution is 5.04. The van der Waals surface area contributed by atoms with E-state index in [1.165, 1.54) is 38.8 Å². The highest BCUT2D eigenvalue weighted by atomic mass is 14.8. The van der Waals surface area contributed by atoms with Gasteiger partial charge in [0.2, 0.25) is 0 Å². The van der Waals surface area contributed by atoms with Gasteiger partial charge in [-0.1, -0.05) is 32.4 Å². The Bertz CT molecular complexity index is 164. The largest absolute Gasteiger partial charge is 0.316 e. The van der Waals surface area contributed by atoms with Crippen molar-refractivity contribution in [3.63, 3.8) is 0 Å². The molecule has 0 aromatic rings. The lowest BCUT2D eigenvalue weighted by molar-refractivity contribution is 0.419. The summed E-state index contributed by atoms with van der Waals surface area (Å²) in [5.41, 5.74) is 2.12. The summed E-state index contributed by atoms with van der Waals surface area (Å²) in [6.45, 7) is 9.29. The van der Waals surface area contributed by atoms with Crippen molar-refractivity contribution in [2.24, 2.45) is 5.41 Å². The third kappa shape index (κ3) is 5.09. The van der Waals surface area contributed by atoms with Crippen molar-refractivity contribution in [1.82, 2.24) is 5.32 Å². The Morgan fingerprint density at radius 2 is 2.00 bits per heavy atom. The predicted molar refractivity (Wildman–Crippen MR) is 58.9 cm³/mol. The van der Waals surface area contributed by atoms with Gasteiger partial charge in [-0.25, -0.2) is 0 Å². The molecule has 0 atom stereocenters. The maximum atomic E-state index is 3.43. The van der Waals surface area contributed by atoms with Gasteiger partial charge in [-0.05, 0) is 44.2 Å². The molecule has 0 bridgehead atoms. The molecule has 0 aliphatic carbocycles. The molecule has 1 heteroatoms. The molecule has 1 N–H and O–H groups in total. The second-order valence-electron chi connectivity index (χ2n) is 5.23. The third-order valence-electron chi connectivity index (χ3n) is 2.48. The SMILES string of the molecule is CC(C)(C)C/C=C1/CCCNCC1. The van der Waals surface area contributed by atoms with Crippen molar-refractivity contribution in [1.29, 1.82) is 0 Å². The first-order valence-corrected chi connectivity index (χ1v) is 5.46. The number of hydrogen-bond acceptors (Lipinski definition) is 1. The van der Waals surface area contributed by atoms with Gasteiger partial charge in [0.25, 0.3) is 0 Å². The van der Waals surface area contributed by atoms with Crippen LogP contribution in [0.2, 0.25) is 0 Å². The normalized spacial score (nSPS) is 23.2. The van der Waals surface area contributed by atoms with Gasteiger partial charge in [-0.3, -0.25) is 0 Å². The second kappa shape index (κ2) is 4.80. The van der Waals surface area contributed by atoms with E-state index in [2.05, 4.69) is 32.2 Å². The molecular formula is C12H23N. The van der Waals surface area contributed by atoms with Crippen LogP contribution in [0.3, 0.4) is 0 Å². The van der Waals surface area contributed by atoms with Gasteiger partial charge in [0.05, 0.1) is 0 Å². The number of nitrogens with one attached hydrogen (secondary N) is 1. The minimum absolute atomic E-state index is 0.451. The molecular weight excluding hydrogens is 158 g/mol. The first kappa shape index (κ1) is 10.8. The highest BCUT2D eigenvalue weighted by Gasteiger charge is 2.09. The fraction of sp³-hybridized carbons (Fsp3) is 0.833. The van der Waals surface area contributed by atoms with Crippen molar-refractivity contribution < 1.29 is 0 Å². The average molecular weight is 181 g/mol. The van der Waals surface area contributed by atoms with Crippen LogP contribution in [-0.4, -0.2) is 13.1 Å². The zero-order chi connectivity index (χ0) is 9.73. The lowest BCUT2D eigenvalue weighted by Crippen LogP contribution is -2.13. The van der Waals surface area contributed by atoms with E-state index >= 15 is 0 Å². The van der Waals surface area contributed by atoms with E-state index in [1.54, 1.807) is 5.57 Å². The maximum absolute atomic E-state index is 3.43. The molecule has 1 saturated heterocycles. The van der Waals surface area contributed by atoms with Gasteiger partial charge < -0.3 is 5.32 Å². The number of rotatable bonds is 1. The summed E-state index contributed by atoms with van der Waals surface area (Å²) in [4.78, 5) is 0. The van der Waals surface area contributed by atoms with Crippen molar-refractivity contribution in [2.75, 3.05) is 13.1 Å².